The molecule has 0 atom stereocenters. The van der Waals surface area contributed by atoms with Gasteiger partial charge in [0, 0.05) is 10.6 Å². The maximum Gasteiger partial charge on any atom is 0.319 e. The standard InChI is InChI=1S/C14H16N2O2S/c1-2-18-12-7-5-11(6-8-12)16-14(17)15-10-13-4-3-9-19-13/h3-9H,2,10H2,1H3,(H2,15,16,17). The summed E-state index contributed by atoms with van der Waals surface area (Å²) in [5.41, 5.74) is 0.743. The van der Waals surface area contributed by atoms with E-state index < -0.39 is 0 Å². The maximum atomic E-state index is 11.7. The lowest BCUT2D eigenvalue weighted by Crippen LogP contribution is -2.27. The van der Waals surface area contributed by atoms with Gasteiger partial charge in [-0.2, -0.15) is 0 Å². The van der Waals surface area contributed by atoms with E-state index in [2.05, 4.69) is 10.6 Å². The van der Waals surface area contributed by atoms with Gasteiger partial charge in [0.1, 0.15) is 5.75 Å². The summed E-state index contributed by atoms with van der Waals surface area (Å²) in [6.45, 7) is 3.11. The lowest BCUT2D eigenvalue weighted by Gasteiger charge is -2.08. The SMILES string of the molecule is CCOc1ccc(NC(=O)NCc2cccs2)cc1. The molecular formula is C14H16N2O2S. The fourth-order valence-corrected chi connectivity index (χ4v) is 2.20. The topological polar surface area (TPSA) is 50.4 Å². The number of anilines is 1. The average molecular weight is 276 g/mol. The van der Waals surface area contributed by atoms with Crippen LogP contribution in [-0.4, -0.2) is 12.6 Å². The van der Waals surface area contributed by atoms with Gasteiger partial charge in [0.25, 0.3) is 0 Å². The first kappa shape index (κ1) is 13.4. The highest BCUT2D eigenvalue weighted by Gasteiger charge is 2.02. The van der Waals surface area contributed by atoms with E-state index in [-0.39, 0.29) is 6.03 Å². The normalized spacial score (nSPS) is 9.95. The molecule has 0 saturated carbocycles. The molecule has 2 aromatic rings. The lowest BCUT2D eigenvalue weighted by atomic mass is 10.3. The largest absolute Gasteiger partial charge is 0.494 e. The summed E-state index contributed by atoms with van der Waals surface area (Å²) in [7, 11) is 0. The number of thiophene rings is 1. The number of amides is 2. The molecule has 2 rings (SSSR count). The van der Waals surface area contributed by atoms with E-state index in [4.69, 9.17) is 4.74 Å². The molecule has 5 heteroatoms. The number of carbonyl (C=O) groups excluding carboxylic acids is 1. The number of hydrogen-bond donors (Lipinski definition) is 2. The number of urea groups is 1. The van der Waals surface area contributed by atoms with E-state index in [1.54, 1.807) is 11.3 Å². The molecule has 1 aromatic heterocycles. The van der Waals surface area contributed by atoms with Crippen LogP contribution in [0.2, 0.25) is 0 Å². The van der Waals surface area contributed by atoms with Gasteiger partial charge in [-0.3, -0.25) is 0 Å². The smallest absolute Gasteiger partial charge is 0.319 e. The third-order valence-corrected chi connectivity index (χ3v) is 3.30. The van der Waals surface area contributed by atoms with Crippen LogP contribution in [-0.2, 0) is 6.54 Å². The van der Waals surface area contributed by atoms with Gasteiger partial charge < -0.3 is 15.4 Å². The van der Waals surface area contributed by atoms with Crippen LogP contribution in [0.25, 0.3) is 0 Å². The van der Waals surface area contributed by atoms with E-state index in [1.165, 1.54) is 0 Å². The molecule has 2 amide bonds. The monoisotopic (exact) mass is 276 g/mol. The van der Waals surface area contributed by atoms with Crippen molar-refractivity contribution in [3.05, 3.63) is 46.7 Å². The zero-order chi connectivity index (χ0) is 13.5. The summed E-state index contributed by atoms with van der Waals surface area (Å²) in [5.74, 6) is 0.798. The van der Waals surface area contributed by atoms with E-state index >= 15 is 0 Å². The Morgan fingerprint density at radius 1 is 1.26 bits per heavy atom. The fraction of sp³-hybridized carbons (Fsp3) is 0.214. The van der Waals surface area contributed by atoms with Crippen molar-refractivity contribution < 1.29 is 9.53 Å². The Morgan fingerprint density at radius 2 is 2.05 bits per heavy atom. The Hall–Kier alpha value is -2.01. The Kier molecular flexibility index (Phi) is 4.80. The quantitative estimate of drug-likeness (QED) is 0.878. The van der Waals surface area contributed by atoms with Crippen LogP contribution in [0.3, 0.4) is 0 Å². The van der Waals surface area contributed by atoms with E-state index in [0.29, 0.717) is 13.2 Å². The Morgan fingerprint density at radius 3 is 2.68 bits per heavy atom. The molecule has 100 valence electrons. The van der Waals surface area contributed by atoms with Crippen LogP contribution in [0.1, 0.15) is 11.8 Å². The zero-order valence-electron chi connectivity index (χ0n) is 10.7. The van der Waals surface area contributed by atoms with Crippen LogP contribution in [0.5, 0.6) is 5.75 Å². The minimum absolute atomic E-state index is 0.211. The van der Waals surface area contributed by atoms with E-state index in [1.807, 2.05) is 48.7 Å². The Bertz CT molecular complexity index is 509. The van der Waals surface area contributed by atoms with Crippen LogP contribution in [0.15, 0.2) is 41.8 Å². The predicted octanol–water partition coefficient (Wildman–Crippen LogP) is 3.47. The number of benzene rings is 1. The molecule has 0 saturated heterocycles. The summed E-state index contributed by atoms with van der Waals surface area (Å²) >= 11 is 1.62. The molecule has 1 aromatic carbocycles. The van der Waals surface area contributed by atoms with Crippen LogP contribution >= 0.6 is 11.3 Å². The molecule has 4 nitrogen and oxygen atoms in total. The molecule has 0 aliphatic heterocycles. The molecule has 0 spiro atoms. The molecule has 0 aliphatic carbocycles. The van der Waals surface area contributed by atoms with Gasteiger partial charge in [-0.25, -0.2) is 4.79 Å². The molecule has 19 heavy (non-hydrogen) atoms. The van der Waals surface area contributed by atoms with Gasteiger partial charge >= 0.3 is 6.03 Å². The van der Waals surface area contributed by atoms with Crippen molar-refractivity contribution in [1.82, 2.24) is 5.32 Å². The molecule has 1 heterocycles. The highest BCUT2D eigenvalue weighted by molar-refractivity contribution is 7.09. The van der Waals surface area contributed by atoms with Crippen molar-refractivity contribution in [2.45, 2.75) is 13.5 Å². The minimum Gasteiger partial charge on any atom is -0.494 e. The second-order valence-electron chi connectivity index (χ2n) is 3.84. The van der Waals surface area contributed by atoms with Gasteiger partial charge in [0.2, 0.25) is 0 Å². The van der Waals surface area contributed by atoms with Crippen LogP contribution in [0, 0.1) is 0 Å². The number of carbonyl (C=O) groups is 1. The van der Waals surface area contributed by atoms with Crippen LogP contribution < -0.4 is 15.4 Å². The predicted molar refractivity (Wildman–Crippen MR) is 77.8 cm³/mol. The molecular weight excluding hydrogens is 260 g/mol. The molecule has 0 aliphatic rings. The third-order valence-electron chi connectivity index (χ3n) is 2.43. The highest BCUT2D eigenvalue weighted by Crippen LogP contribution is 2.15. The van der Waals surface area contributed by atoms with Crippen molar-refractivity contribution in [3.8, 4) is 5.75 Å². The van der Waals surface area contributed by atoms with Crippen molar-refractivity contribution in [1.29, 1.82) is 0 Å². The lowest BCUT2D eigenvalue weighted by molar-refractivity contribution is 0.252. The van der Waals surface area contributed by atoms with E-state index in [9.17, 15) is 4.79 Å². The number of hydrogen-bond acceptors (Lipinski definition) is 3. The first-order valence-electron chi connectivity index (χ1n) is 6.08. The van der Waals surface area contributed by atoms with Gasteiger partial charge in [0.05, 0.1) is 13.2 Å². The minimum atomic E-state index is -0.211. The molecule has 0 fully saturated rings. The number of nitrogens with one attached hydrogen (secondary N) is 2. The zero-order valence-corrected chi connectivity index (χ0v) is 11.5. The van der Waals surface area contributed by atoms with Gasteiger partial charge in [-0.1, -0.05) is 6.07 Å². The summed E-state index contributed by atoms with van der Waals surface area (Å²) in [4.78, 5) is 12.8. The van der Waals surface area contributed by atoms with Crippen molar-refractivity contribution in [3.63, 3.8) is 0 Å². The highest BCUT2D eigenvalue weighted by atomic mass is 32.1. The van der Waals surface area contributed by atoms with Crippen molar-refractivity contribution in [2.75, 3.05) is 11.9 Å². The number of ether oxygens (including phenoxy) is 1. The molecule has 2 N–H and O–H groups in total. The molecule has 0 radical (unpaired) electrons. The summed E-state index contributed by atoms with van der Waals surface area (Å²) in [5, 5.41) is 7.56. The number of rotatable bonds is 5. The Balaban J connectivity index is 1.81. The van der Waals surface area contributed by atoms with Crippen molar-refractivity contribution in [2.24, 2.45) is 0 Å². The van der Waals surface area contributed by atoms with Crippen molar-refractivity contribution >= 4 is 23.1 Å². The van der Waals surface area contributed by atoms with Crippen LogP contribution in [0.4, 0.5) is 10.5 Å². The summed E-state index contributed by atoms with van der Waals surface area (Å²) in [6.07, 6.45) is 0. The first-order valence-corrected chi connectivity index (χ1v) is 6.96. The summed E-state index contributed by atoms with van der Waals surface area (Å²) in [6, 6.07) is 11.0. The third kappa shape index (κ3) is 4.30. The molecule has 0 bridgehead atoms. The average Bonchev–Trinajstić information content (AvgIpc) is 2.92. The van der Waals surface area contributed by atoms with E-state index in [0.717, 1.165) is 16.3 Å². The van der Waals surface area contributed by atoms with Gasteiger partial charge in [-0.15, -0.1) is 11.3 Å². The molecule has 0 unspecified atom stereocenters. The fourth-order valence-electron chi connectivity index (χ4n) is 1.56. The second kappa shape index (κ2) is 6.80. The van der Waals surface area contributed by atoms with Gasteiger partial charge in [-0.05, 0) is 42.6 Å². The second-order valence-corrected chi connectivity index (χ2v) is 4.88. The first-order chi connectivity index (χ1) is 9.28. The van der Waals surface area contributed by atoms with Gasteiger partial charge in [0.15, 0.2) is 0 Å². The Labute approximate surface area is 116 Å². The maximum absolute atomic E-state index is 11.7. The summed E-state index contributed by atoms with van der Waals surface area (Å²) < 4.78 is 5.34.